The van der Waals surface area contributed by atoms with Gasteiger partial charge in [0.25, 0.3) is 11.5 Å². The zero-order valence-corrected chi connectivity index (χ0v) is 10.8. The minimum absolute atomic E-state index is 0.0464. The predicted molar refractivity (Wildman–Crippen MR) is 73.4 cm³/mol. The predicted octanol–water partition coefficient (Wildman–Crippen LogP) is 1.98. The first kappa shape index (κ1) is 13.8. The highest BCUT2D eigenvalue weighted by molar-refractivity contribution is 6.34. The van der Waals surface area contributed by atoms with Gasteiger partial charge in [0.2, 0.25) is 0 Å². The van der Waals surface area contributed by atoms with Crippen molar-refractivity contribution in [1.82, 2.24) is 4.98 Å². The van der Waals surface area contributed by atoms with Crippen molar-refractivity contribution in [3.8, 4) is 0 Å². The highest BCUT2D eigenvalue weighted by Crippen LogP contribution is 2.26. The number of aromatic amines is 1. The van der Waals surface area contributed by atoms with E-state index in [2.05, 4.69) is 10.3 Å². The van der Waals surface area contributed by atoms with Crippen molar-refractivity contribution in [3.05, 3.63) is 63.0 Å². The average Bonchev–Trinajstić information content (AvgIpc) is 2.41. The summed E-state index contributed by atoms with van der Waals surface area (Å²) in [5, 5.41) is 11.5. The second-order valence-electron chi connectivity index (χ2n) is 3.83. The number of halogens is 1. The lowest BCUT2D eigenvalue weighted by molar-refractivity contribution is 0.0698. The molecule has 0 saturated carbocycles. The van der Waals surface area contributed by atoms with Crippen molar-refractivity contribution in [2.75, 3.05) is 5.32 Å². The van der Waals surface area contributed by atoms with Crippen molar-refractivity contribution in [3.63, 3.8) is 0 Å². The van der Waals surface area contributed by atoms with E-state index in [4.69, 9.17) is 16.7 Å². The number of carbonyl (C=O) groups is 2. The maximum Gasteiger partial charge on any atom is 0.337 e. The minimum atomic E-state index is -1.23. The first-order chi connectivity index (χ1) is 9.50. The Labute approximate surface area is 118 Å². The normalized spacial score (nSPS) is 10.1. The van der Waals surface area contributed by atoms with Crippen LogP contribution in [0.5, 0.6) is 0 Å². The third-order valence-electron chi connectivity index (χ3n) is 2.55. The van der Waals surface area contributed by atoms with Crippen LogP contribution in [0.4, 0.5) is 5.69 Å². The Bertz CT molecular complexity index is 739. The molecule has 0 unspecified atom stereocenters. The standard InChI is InChI=1S/C13H9ClN2O4/c14-9-5-1-3-7(13(19)20)10(9)16-12(18)8-4-2-6-15-11(8)17/h1-6H,(H,15,17)(H,16,18)(H,19,20). The zero-order valence-electron chi connectivity index (χ0n) is 10.0. The third-order valence-corrected chi connectivity index (χ3v) is 2.86. The molecule has 0 radical (unpaired) electrons. The summed E-state index contributed by atoms with van der Waals surface area (Å²) in [5.74, 6) is -1.97. The molecule has 0 spiro atoms. The Morgan fingerprint density at radius 1 is 1.15 bits per heavy atom. The Hall–Kier alpha value is -2.60. The quantitative estimate of drug-likeness (QED) is 0.805. The Kier molecular flexibility index (Phi) is 3.86. The van der Waals surface area contributed by atoms with Crippen LogP contribution in [0, 0.1) is 0 Å². The fraction of sp³-hybridized carbons (Fsp3) is 0. The van der Waals surface area contributed by atoms with Crippen molar-refractivity contribution >= 4 is 29.2 Å². The summed E-state index contributed by atoms with van der Waals surface area (Å²) in [5.41, 5.74) is -0.911. The first-order valence-corrected chi connectivity index (χ1v) is 5.89. The molecule has 3 N–H and O–H groups in total. The molecule has 1 amide bonds. The van der Waals surface area contributed by atoms with E-state index in [1.807, 2.05) is 0 Å². The number of aromatic carboxylic acids is 1. The van der Waals surface area contributed by atoms with Gasteiger partial charge >= 0.3 is 5.97 Å². The van der Waals surface area contributed by atoms with Crippen LogP contribution in [0.3, 0.4) is 0 Å². The summed E-state index contributed by atoms with van der Waals surface area (Å²) in [6.45, 7) is 0. The fourth-order valence-electron chi connectivity index (χ4n) is 1.61. The number of H-pyrrole nitrogens is 1. The van der Waals surface area contributed by atoms with Gasteiger partial charge in [-0.05, 0) is 24.3 Å². The number of para-hydroxylation sites is 1. The summed E-state index contributed by atoms with van der Waals surface area (Å²) in [6.07, 6.45) is 1.39. The highest BCUT2D eigenvalue weighted by atomic mass is 35.5. The Morgan fingerprint density at radius 2 is 1.85 bits per heavy atom. The molecule has 0 bridgehead atoms. The molecular formula is C13H9ClN2O4. The number of carbonyl (C=O) groups excluding carboxylic acids is 1. The van der Waals surface area contributed by atoms with Gasteiger partial charge in [0, 0.05) is 6.20 Å². The second kappa shape index (κ2) is 5.58. The van der Waals surface area contributed by atoms with Gasteiger partial charge in [-0.15, -0.1) is 0 Å². The van der Waals surface area contributed by atoms with Gasteiger partial charge < -0.3 is 15.4 Å². The molecular weight excluding hydrogens is 284 g/mol. The van der Waals surface area contributed by atoms with E-state index in [9.17, 15) is 14.4 Å². The SMILES string of the molecule is O=C(O)c1cccc(Cl)c1NC(=O)c1ccc[nH]c1=O. The van der Waals surface area contributed by atoms with Crippen LogP contribution in [0.25, 0.3) is 0 Å². The number of pyridine rings is 1. The number of carboxylic acid groups (broad SMARTS) is 1. The second-order valence-corrected chi connectivity index (χ2v) is 4.24. The van der Waals surface area contributed by atoms with E-state index in [0.29, 0.717) is 0 Å². The van der Waals surface area contributed by atoms with Crippen molar-refractivity contribution < 1.29 is 14.7 Å². The molecule has 0 atom stereocenters. The van der Waals surface area contributed by atoms with Crippen LogP contribution in [0.15, 0.2) is 41.3 Å². The fourth-order valence-corrected chi connectivity index (χ4v) is 1.83. The van der Waals surface area contributed by atoms with Gasteiger partial charge in [-0.2, -0.15) is 0 Å². The third kappa shape index (κ3) is 2.70. The van der Waals surface area contributed by atoms with Gasteiger partial charge in [0.05, 0.1) is 16.3 Å². The van der Waals surface area contributed by atoms with Crippen LogP contribution in [-0.4, -0.2) is 22.0 Å². The number of aromatic nitrogens is 1. The van der Waals surface area contributed by atoms with Crippen LogP contribution < -0.4 is 10.9 Å². The number of hydrogen-bond acceptors (Lipinski definition) is 3. The number of hydrogen-bond donors (Lipinski definition) is 3. The van der Waals surface area contributed by atoms with E-state index in [0.717, 1.165) is 0 Å². The number of amides is 1. The van der Waals surface area contributed by atoms with E-state index >= 15 is 0 Å². The molecule has 1 aromatic heterocycles. The van der Waals surface area contributed by atoms with Crippen molar-refractivity contribution in [2.24, 2.45) is 0 Å². The van der Waals surface area contributed by atoms with Gasteiger partial charge in [0.1, 0.15) is 5.56 Å². The molecule has 0 aliphatic rings. The number of rotatable bonds is 3. The lowest BCUT2D eigenvalue weighted by atomic mass is 10.1. The molecule has 2 aromatic rings. The zero-order chi connectivity index (χ0) is 14.7. The van der Waals surface area contributed by atoms with Crippen LogP contribution in [-0.2, 0) is 0 Å². The molecule has 0 fully saturated rings. The molecule has 0 aliphatic carbocycles. The maximum absolute atomic E-state index is 12.0. The van der Waals surface area contributed by atoms with Gasteiger partial charge in [-0.1, -0.05) is 17.7 Å². The average molecular weight is 293 g/mol. The Balaban J connectivity index is 2.41. The smallest absolute Gasteiger partial charge is 0.337 e. The van der Waals surface area contributed by atoms with Crippen LogP contribution >= 0.6 is 11.6 Å². The molecule has 7 heteroatoms. The van der Waals surface area contributed by atoms with E-state index in [-0.39, 0.29) is 21.8 Å². The summed E-state index contributed by atoms with van der Waals surface area (Å²) < 4.78 is 0. The largest absolute Gasteiger partial charge is 0.478 e. The topological polar surface area (TPSA) is 99.3 Å². The maximum atomic E-state index is 12.0. The van der Waals surface area contributed by atoms with Gasteiger partial charge in [-0.3, -0.25) is 9.59 Å². The summed E-state index contributed by atoms with van der Waals surface area (Å²) in [6, 6.07) is 7.02. The first-order valence-electron chi connectivity index (χ1n) is 5.51. The van der Waals surface area contributed by atoms with Crippen molar-refractivity contribution in [1.29, 1.82) is 0 Å². The molecule has 20 heavy (non-hydrogen) atoms. The molecule has 1 heterocycles. The van der Waals surface area contributed by atoms with E-state index in [1.165, 1.54) is 36.5 Å². The van der Waals surface area contributed by atoms with Crippen LogP contribution in [0.1, 0.15) is 20.7 Å². The lowest BCUT2D eigenvalue weighted by Gasteiger charge is -2.09. The summed E-state index contributed by atoms with van der Waals surface area (Å²) >= 11 is 5.88. The molecule has 6 nitrogen and oxygen atoms in total. The highest BCUT2D eigenvalue weighted by Gasteiger charge is 2.17. The Morgan fingerprint density at radius 3 is 2.50 bits per heavy atom. The molecule has 102 valence electrons. The summed E-state index contributed by atoms with van der Waals surface area (Å²) in [7, 11) is 0. The minimum Gasteiger partial charge on any atom is -0.478 e. The van der Waals surface area contributed by atoms with E-state index < -0.39 is 17.4 Å². The number of anilines is 1. The van der Waals surface area contributed by atoms with Gasteiger partial charge in [0.15, 0.2) is 0 Å². The van der Waals surface area contributed by atoms with Gasteiger partial charge in [-0.25, -0.2) is 4.79 Å². The number of nitrogens with one attached hydrogen (secondary N) is 2. The van der Waals surface area contributed by atoms with E-state index in [1.54, 1.807) is 0 Å². The number of benzene rings is 1. The molecule has 0 saturated heterocycles. The number of carboxylic acids is 1. The summed E-state index contributed by atoms with van der Waals surface area (Å²) in [4.78, 5) is 36.9. The molecule has 2 rings (SSSR count). The van der Waals surface area contributed by atoms with Crippen LogP contribution in [0.2, 0.25) is 5.02 Å². The molecule has 0 aliphatic heterocycles. The molecule has 1 aromatic carbocycles. The lowest BCUT2D eigenvalue weighted by Crippen LogP contribution is -2.23. The van der Waals surface area contributed by atoms with Crippen molar-refractivity contribution in [2.45, 2.75) is 0 Å². The monoisotopic (exact) mass is 292 g/mol.